The molecule has 1 heterocycles. The molecule has 0 bridgehead atoms. The molecular weight excluding hydrogens is 679 g/mol. The number of carbonyl (C=O) groups excluding carboxylic acids is 4. The number of carbonyl (C=O) groups is 4. The molecule has 288 valence electrons. The highest BCUT2D eigenvalue weighted by molar-refractivity contribution is 7.92. The number of likely N-dealkylation sites (tertiary alicyclic amines) is 1. The van der Waals surface area contributed by atoms with Crippen LogP contribution < -0.4 is 10.6 Å². The smallest absolute Gasteiger partial charge is 0.242 e. The molecule has 1 aromatic rings. The van der Waals surface area contributed by atoms with Gasteiger partial charge in [-0.1, -0.05) is 46.2 Å². The molecule has 7 atom stereocenters. The first-order valence-electron chi connectivity index (χ1n) is 17.6. The number of hydrogen-bond acceptors (Lipinski definition) is 10. The van der Waals surface area contributed by atoms with E-state index in [1.54, 1.807) is 30.7 Å². The predicted molar refractivity (Wildman–Crippen MR) is 198 cm³/mol. The summed E-state index contributed by atoms with van der Waals surface area (Å²) in [5.74, 6) is -2.03. The van der Waals surface area contributed by atoms with Gasteiger partial charge in [0.15, 0.2) is 0 Å². The molecule has 0 aliphatic carbocycles. The van der Waals surface area contributed by atoms with Gasteiger partial charge in [0.2, 0.25) is 23.6 Å². The Hall–Kier alpha value is -3.11. The number of benzene rings is 1. The molecule has 15 heteroatoms. The van der Waals surface area contributed by atoms with Crippen molar-refractivity contribution in [1.29, 1.82) is 0 Å². The van der Waals surface area contributed by atoms with E-state index < -0.39 is 36.0 Å². The van der Waals surface area contributed by atoms with Crippen LogP contribution in [0.1, 0.15) is 72.3 Å². The fourth-order valence-electron chi connectivity index (χ4n) is 7.05. The summed E-state index contributed by atoms with van der Waals surface area (Å²) in [6, 6.07) is 3.81. The lowest BCUT2D eigenvalue weighted by Gasteiger charge is -2.37. The van der Waals surface area contributed by atoms with Crippen LogP contribution in [0.3, 0.4) is 0 Å². The summed E-state index contributed by atoms with van der Waals surface area (Å²) in [7, 11) is 8.37. The zero-order valence-electron chi connectivity index (χ0n) is 31.8. The zero-order chi connectivity index (χ0) is 38.4. The van der Waals surface area contributed by atoms with Gasteiger partial charge in [-0.25, -0.2) is 4.39 Å². The Labute approximate surface area is 307 Å². The molecule has 0 radical (unpaired) electrons. The average molecular weight is 739 g/mol. The van der Waals surface area contributed by atoms with Gasteiger partial charge < -0.3 is 34.5 Å². The molecule has 1 fully saturated rings. The van der Waals surface area contributed by atoms with E-state index in [0.717, 1.165) is 12.8 Å². The number of likely N-dealkylation sites (N-methyl/N-ethyl adjacent to an activating group) is 2. The van der Waals surface area contributed by atoms with Crippen LogP contribution in [0.15, 0.2) is 28.7 Å². The van der Waals surface area contributed by atoms with E-state index in [9.17, 15) is 28.1 Å². The van der Waals surface area contributed by atoms with E-state index in [1.165, 1.54) is 38.5 Å². The largest absolute Gasteiger partial charge is 0.379 e. The van der Waals surface area contributed by atoms with Gasteiger partial charge in [0.05, 0.1) is 61.0 Å². The minimum absolute atomic E-state index is 0.0159. The van der Waals surface area contributed by atoms with E-state index >= 15 is 0 Å². The van der Waals surface area contributed by atoms with E-state index in [4.69, 9.17) is 9.47 Å². The molecule has 1 aromatic carbocycles. The van der Waals surface area contributed by atoms with Crippen LogP contribution in [0.2, 0.25) is 0 Å². The third-order valence-electron chi connectivity index (χ3n) is 9.68. The molecule has 0 spiro atoms. The maximum atomic E-state index is 13.9. The molecule has 51 heavy (non-hydrogen) atoms. The normalized spacial score (nSPS) is 18.6. The molecule has 1 saturated heterocycles. The molecule has 1 aliphatic heterocycles. The Balaban J connectivity index is 2.15. The molecule has 13 nitrogen and oxygen atoms in total. The highest BCUT2D eigenvalue weighted by Crippen LogP contribution is 2.28. The third kappa shape index (κ3) is 12.2. The number of rotatable bonds is 20. The summed E-state index contributed by atoms with van der Waals surface area (Å²) in [5, 5.41) is 5.71. The van der Waals surface area contributed by atoms with Crippen molar-refractivity contribution in [2.24, 2.45) is 16.2 Å². The molecule has 6 unspecified atom stereocenters. The standard InChI is InChI=1S/C36H59FN6O7S/c1-11-13-27(42(8)31(45)21-38-36(47)33(22(2)3)41(6)7)29(49-9)20-30(44)43-19-12-14-28(43)34(50-10)23(4)35(46)39-24(5)32(40-51-48)25-15-17-26(37)18-16-25/h15-18,22-24,27-29,33-34,48H,11-14,19-21H2,1-10H3,(H,38,47)(H,39,46)/b40-32-/t23?,24?,27-,28?,29?,33?,34?/m0/s1. The van der Waals surface area contributed by atoms with Crippen molar-refractivity contribution in [1.82, 2.24) is 25.3 Å². The van der Waals surface area contributed by atoms with Gasteiger partial charge in [0.1, 0.15) is 18.0 Å². The van der Waals surface area contributed by atoms with Gasteiger partial charge in [-0.2, -0.15) is 4.40 Å². The highest BCUT2D eigenvalue weighted by atomic mass is 32.2. The second-order valence-electron chi connectivity index (χ2n) is 13.8. The van der Waals surface area contributed by atoms with Crippen molar-refractivity contribution in [3.05, 3.63) is 35.6 Å². The molecule has 2 rings (SSSR count). The SMILES string of the molecule is CCC[C@@H](C(CC(=O)N1CCCC1C(OC)C(C)C(=O)NC(C)/C(=N/SO)c1ccc(F)cc1)OC)N(C)C(=O)CNC(=O)C(C(C)C)N(C)C. The van der Waals surface area contributed by atoms with Crippen LogP contribution in [-0.2, 0) is 28.7 Å². The number of nitrogens with zero attached hydrogens (tertiary/aromatic N) is 4. The number of halogens is 1. The first kappa shape index (κ1) is 44.1. The Morgan fingerprint density at radius 3 is 2.24 bits per heavy atom. The van der Waals surface area contributed by atoms with E-state index in [2.05, 4.69) is 15.0 Å². The fourth-order valence-corrected chi connectivity index (χ4v) is 7.40. The lowest BCUT2D eigenvalue weighted by Crippen LogP contribution is -2.54. The fraction of sp³-hybridized carbons (Fsp3) is 0.694. The summed E-state index contributed by atoms with van der Waals surface area (Å²) in [5.41, 5.74) is 0.908. The monoisotopic (exact) mass is 738 g/mol. The number of amides is 4. The summed E-state index contributed by atoms with van der Waals surface area (Å²) in [4.78, 5) is 58.8. The number of nitrogens with one attached hydrogen (secondary N) is 2. The minimum Gasteiger partial charge on any atom is -0.379 e. The van der Waals surface area contributed by atoms with Gasteiger partial charge in [-0.05, 0) is 63.9 Å². The summed E-state index contributed by atoms with van der Waals surface area (Å²) in [6.45, 7) is 9.67. The maximum absolute atomic E-state index is 13.9. The van der Waals surface area contributed by atoms with E-state index in [0.29, 0.717) is 30.7 Å². The maximum Gasteiger partial charge on any atom is 0.242 e. The van der Waals surface area contributed by atoms with Crippen molar-refractivity contribution >= 4 is 41.6 Å². The Kier molecular flexibility index (Phi) is 18.5. The molecule has 3 N–H and O–H groups in total. The van der Waals surface area contributed by atoms with Gasteiger partial charge in [0, 0.05) is 27.8 Å². The summed E-state index contributed by atoms with van der Waals surface area (Å²) in [6.07, 6.45) is 1.48. The third-order valence-corrected chi connectivity index (χ3v) is 9.96. The summed E-state index contributed by atoms with van der Waals surface area (Å²) < 4.78 is 38.7. The lowest BCUT2D eigenvalue weighted by atomic mass is 9.93. The van der Waals surface area contributed by atoms with Crippen molar-refractivity contribution in [3.63, 3.8) is 0 Å². The van der Waals surface area contributed by atoms with Crippen LogP contribution in [0.4, 0.5) is 4.39 Å². The number of hydrogen-bond donors (Lipinski definition) is 3. The van der Waals surface area contributed by atoms with Crippen LogP contribution in [-0.4, -0.2) is 133 Å². The van der Waals surface area contributed by atoms with Crippen molar-refractivity contribution < 1.29 is 37.6 Å². The van der Waals surface area contributed by atoms with Crippen LogP contribution >= 0.6 is 12.2 Å². The van der Waals surface area contributed by atoms with Crippen molar-refractivity contribution in [2.45, 2.75) is 103 Å². The highest BCUT2D eigenvalue weighted by Gasteiger charge is 2.41. The van der Waals surface area contributed by atoms with Gasteiger partial charge in [0.25, 0.3) is 0 Å². The van der Waals surface area contributed by atoms with E-state index in [-0.39, 0.29) is 66.8 Å². The van der Waals surface area contributed by atoms with Crippen molar-refractivity contribution in [2.75, 3.05) is 48.5 Å². The topological polar surface area (TPSA) is 153 Å². The second-order valence-corrected chi connectivity index (χ2v) is 14.1. The minimum atomic E-state index is -0.667. The zero-order valence-corrected chi connectivity index (χ0v) is 32.7. The average Bonchev–Trinajstić information content (AvgIpc) is 3.57. The quantitative estimate of drug-likeness (QED) is 0.104. The molecule has 4 amide bonds. The van der Waals surface area contributed by atoms with E-state index in [1.807, 2.05) is 39.8 Å². The van der Waals surface area contributed by atoms with Crippen LogP contribution in [0.25, 0.3) is 0 Å². The lowest BCUT2D eigenvalue weighted by molar-refractivity contribution is -0.145. The number of methoxy groups -OCH3 is 2. The Morgan fingerprint density at radius 1 is 1.06 bits per heavy atom. The van der Waals surface area contributed by atoms with Crippen molar-refractivity contribution in [3.8, 4) is 0 Å². The molecular formula is C36H59FN6O7S. The van der Waals surface area contributed by atoms with Gasteiger partial charge in [-0.15, -0.1) is 0 Å². The molecule has 0 saturated carbocycles. The Bertz CT molecular complexity index is 1310. The number of ether oxygens (including phenoxy) is 2. The summed E-state index contributed by atoms with van der Waals surface area (Å²) >= 11 is 0.252. The van der Waals surface area contributed by atoms with Crippen LogP contribution in [0.5, 0.6) is 0 Å². The first-order chi connectivity index (χ1) is 24.1. The Morgan fingerprint density at radius 2 is 1.71 bits per heavy atom. The second kappa shape index (κ2) is 21.4. The van der Waals surface area contributed by atoms with Crippen LogP contribution in [0, 0.1) is 17.7 Å². The first-order valence-corrected chi connectivity index (χ1v) is 18.4. The van der Waals surface area contributed by atoms with Gasteiger partial charge >= 0.3 is 0 Å². The molecule has 1 aliphatic rings. The predicted octanol–water partition coefficient (Wildman–Crippen LogP) is 3.62. The molecule has 0 aromatic heterocycles. The van der Waals surface area contributed by atoms with Gasteiger partial charge in [-0.3, -0.25) is 24.1 Å².